The van der Waals surface area contributed by atoms with Crippen LogP contribution in [0.2, 0.25) is 0 Å². The summed E-state index contributed by atoms with van der Waals surface area (Å²) in [6.07, 6.45) is 8.98. The first kappa shape index (κ1) is 10.5. The van der Waals surface area contributed by atoms with Crippen LogP contribution in [0.5, 0.6) is 5.75 Å². The Morgan fingerprint density at radius 2 is 2.50 bits per heavy atom. The van der Waals surface area contributed by atoms with Crippen molar-refractivity contribution < 1.29 is 9.53 Å². The zero-order chi connectivity index (χ0) is 11.5. The Balaban J connectivity index is 2.31. The molecule has 0 aliphatic carbocycles. The zero-order valence-corrected chi connectivity index (χ0v) is 9.01. The Bertz CT molecular complexity index is 451. The normalized spacial score (nSPS) is 19.6. The molecule has 16 heavy (non-hydrogen) atoms. The van der Waals surface area contributed by atoms with Crippen LogP contribution < -0.4 is 9.64 Å². The van der Waals surface area contributed by atoms with Gasteiger partial charge in [-0.3, -0.25) is 9.78 Å². The molecule has 4 heteroatoms. The number of terminal acetylenes is 1. The number of pyridine rings is 1. The molecule has 0 aromatic carbocycles. The van der Waals surface area contributed by atoms with Gasteiger partial charge in [-0.05, 0) is 0 Å². The summed E-state index contributed by atoms with van der Waals surface area (Å²) in [7, 11) is 1.57. The molecule has 1 aliphatic rings. The van der Waals surface area contributed by atoms with Crippen LogP contribution in [0.15, 0.2) is 18.5 Å². The van der Waals surface area contributed by atoms with Gasteiger partial charge >= 0.3 is 0 Å². The van der Waals surface area contributed by atoms with Crippen LogP contribution in [0.25, 0.3) is 0 Å². The highest BCUT2D eigenvalue weighted by Crippen LogP contribution is 2.31. The molecule has 1 atom stereocenters. The van der Waals surface area contributed by atoms with E-state index in [0.717, 1.165) is 0 Å². The van der Waals surface area contributed by atoms with E-state index in [4.69, 9.17) is 11.2 Å². The molecule has 1 aromatic heterocycles. The number of nitrogens with zero attached hydrogens (tertiary/aromatic N) is 2. The first-order valence-electron chi connectivity index (χ1n) is 5.00. The minimum absolute atomic E-state index is 0.0163. The second-order valence-electron chi connectivity index (χ2n) is 3.62. The van der Waals surface area contributed by atoms with Crippen molar-refractivity contribution in [2.75, 3.05) is 18.6 Å². The number of carbonyl (C=O) groups is 1. The molecule has 1 amide bonds. The summed E-state index contributed by atoms with van der Waals surface area (Å²) in [4.78, 5) is 17.4. The van der Waals surface area contributed by atoms with Gasteiger partial charge in [0.1, 0.15) is 11.4 Å². The predicted molar refractivity (Wildman–Crippen MR) is 60.1 cm³/mol. The largest absolute Gasteiger partial charge is 0.494 e. The average molecular weight is 216 g/mol. The van der Waals surface area contributed by atoms with E-state index in [1.807, 2.05) is 0 Å². The standard InChI is InChI=1S/C12H12N2O2/c1-3-9-6-12(15)14(8-9)10-7-13-5-4-11(10)16-2/h1,4-5,7,9H,6,8H2,2H3. The Labute approximate surface area is 94.2 Å². The van der Waals surface area contributed by atoms with Crippen molar-refractivity contribution in [3.05, 3.63) is 18.5 Å². The van der Waals surface area contributed by atoms with Crippen LogP contribution in [0.4, 0.5) is 5.69 Å². The van der Waals surface area contributed by atoms with Crippen molar-refractivity contribution >= 4 is 11.6 Å². The van der Waals surface area contributed by atoms with Crippen LogP contribution in [0, 0.1) is 18.3 Å². The summed E-state index contributed by atoms with van der Waals surface area (Å²) in [6.45, 7) is 0.539. The average Bonchev–Trinajstić information content (AvgIpc) is 2.70. The lowest BCUT2D eigenvalue weighted by Gasteiger charge is -2.18. The van der Waals surface area contributed by atoms with Crippen molar-refractivity contribution in [2.45, 2.75) is 6.42 Å². The quantitative estimate of drug-likeness (QED) is 0.695. The van der Waals surface area contributed by atoms with Crippen molar-refractivity contribution in [1.82, 2.24) is 4.98 Å². The number of rotatable bonds is 2. The summed E-state index contributed by atoms with van der Waals surface area (Å²) in [5, 5.41) is 0. The van der Waals surface area contributed by atoms with Crippen molar-refractivity contribution in [1.29, 1.82) is 0 Å². The molecule has 0 bridgehead atoms. The van der Waals surface area contributed by atoms with Crippen LogP contribution in [0.3, 0.4) is 0 Å². The first-order valence-corrected chi connectivity index (χ1v) is 5.00. The molecule has 82 valence electrons. The molecule has 0 N–H and O–H groups in total. The monoisotopic (exact) mass is 216 g/mol. The number of anilines is 1. The number of aromatic nitrogens is 1. The fraction of sp³-hybridized carbons (Fsp3) is 0.333. The van der Waals surface area contributed by atoms with Gasteiger partial charge in [-0.2, -0.15) is 0 Å². The third kappa shape index (κ3) is 1.72. The SMILES string of the molecule is C#CC1CC(=O)N(c2cnccc2OC)C1. The van der Waals surface area contributed by atoms with Gasteiger partial charge in [0.25, 0.3) is 0 Å². The number of methoxy groups -OCH3 is 1. The van der Waals surface area contributed by atoms with Crippen LogP contribution in [0.1, 0.15) is 6.42 Å². The highest BCUT2D eigenvalue weighted by molar-refractivity contribution is 5.97. The molecule has 0 saturated carbocycles. The molecule has 0 spiro atoms. The lowest BCUT2D eigenvalue weighted by molar-refractivity contribution is -0.117. The lowest BCUT2D eigenvalue weighted by Crippen LogP contribution is -2.25. The van der Waals surface area contributed by atoms with Gasteiger partial charge in [0, 0.05) is 31.1 Å². The maximum Gasteiger partial charge on any atom is 0.228 e. The molecular weight excluding hydrogens is 204 g/mol. The van der Waals surface area contributed by atoms with E-state index in [1.54, 1.807) is 30.5 Å². The highest BCUT2D eigenvalue weighted by Gasteiger charge is 2.31. The molecule has 0 radical (unpaired) electrons. The highest BCUT2D eigenvalue weighted by atomic mass is 16.5. The molecular formula is C12H12N2O2. The summed E-state index contributed by atoms with van der Waals surface area (Å²) in [5.74, 6) is 3.25. The summed E-state index contributed by atoms with van der Waals surface area (Å²) < 4.78 is 5.19. The minimum atomic E-state index is -0.0163. The van der Waals surface area contributed by atoms with Crippen LogP contribution in [-0.4, -0.2) is 24.5 Å². The Morgan fingerprint density at radius 1 is 1.69 bits per heavy atom. The van der Waals surface area contributed by atoms with Gasteiger partial charge in [-0.15, -0.1) is 12.3 Å². The van der Waals surface area contributed by atoms with Crippen LogP contribution in [-0.2, 0) is 4.79 Å². The molecule has 1 aromatic rings. The van der Waals surface area contributed by atoms with Gasteiger partial charge in [0.2, 0.25) is 5.91 Å². The molecule has 4 nitrogen and oxygen atoms in total. The molecule has 1 aliphatic heterocycles. The van der Waals surface area contributed by atoms with E-state index in [1.165, 1.54) is 0 Å². The fourth-order valence-corrected chi connectivity index (χ4v) is 1.80. The number of ether oxygens (including phenoxy) is 1. The number of amides is 1. The van der Waals surface area contributed by atoms with Crippen LogP contribution >= 0.6 is 0 Å². The molecule has 1 fully saturated rings. The molecule has 2 heterocycles. The molecule has 1 saturated heterocycles. The smallest absolute Gasteiger partial charge is 0.228 e. The zero-order valence-electron chi connectivity index (χ0n) is 9.01. The Morgan fingerprint density at radius 3 is 3.12 bits per heavy atom. The lowest BCUT2D eigenvalue weighted by atomic mass is 10.1. The maximum atomic E-state index is 11.8. The summed E-state index contributed by atoms with van der Waals surface area (Å²) in [6, 6.07) is 1.73. The third-order valence-electron chi connectivity index (χ3n) is 2.63. The third-order valence-corrected chi connectivity index (χ3v) is 2.63. The maximum absolute atomic E-state index is 11.8. The summed E-state index contributed by atoms with van der Waals surface area (Å²) >= 11 is 0. The van der Waals surface area contributed by atoms with E-state index < -0.39 is 0 Å². The van der Waals surface area contributed by atoms with Gasteiger partial charge in [-0.25, -0.2) is 0 Å². The Hall–Kier alpha value is -2.02. The van der Waals surface area contributed by atoms with Gasteiger partial charge < -0.3 is 9.64 Å². The van der Waals surface area contributed by atoms with E-state index in [2.05, 4.69) is 10.9 Å². The van der Waals surface area contributed by atoms with Crippen molar-refractivity contribution in [3.63, 3.8) is 0 Å². The second kappa shape index (κ2) is 4.23. The van der Waals surface area contributed by atoms with Crippen molar-refractivity contribution in [2.24, 2.45) is 5.92 Å². The first-order chi connectivity index (χ1) is 7.76. The van der Waals surface area contributed by atoms with Gasteiger partial charge in [-0.1, -0.05) is 0 Å². The molecule has 2 rings (SSSR count). The van der Waals surface area contributed by atoms with E-state index >= 15 is 0 Å². The van der Waals surface area contributed by atoms with Gasteiger partial charge in [0.15, 0.2) is 0 Å². The summed E-state index contributed by atoms with van der Waals surface area (Å²) in [5.41, 5.74) is 0.688. The number of hydrogen-bond donors (Lipinski definition) is 0. The minimum Gasteiger partial charge on any atom is -0.494 e. The number of carbonyl (C=O) groups excluding carboxylic acids is 1. The van der Waals surface area contributed by atoms with Crippen molar-refractivity contribution in [3.8, 4) is 18.1 Å². The number of hydrogen-bond acceptors (Lipinski definition) is 3. The fourth-order valence-electron chi connectivity index (χ4n) is 1.80. The van der Waals surface area contributed by atoms with E-state index in [0.29, 0.717) is 24.4 Å². The second-order valence-corrected chi connectivity index (χ2v) is 3.62. The van der Waals surface area contributed by atoms with Gasteiger partial charge in [0.05, 0.1) is 13.3 Å². The Kier molecular flexibility index (Phi) is 2.78. The predicted octanol–water partition coefficient (Wildman–Crippen LogP) is 1.08. The topological polar surface area (TPSA) is 42.4 Å². The van der Waals surface area contributed by atoms with E-state index in [9.17, 15) is 4.79 Å². The van der Waals surface area contributed by atoms with E-state index in [-0.39, 0.29) is 11.8 Å². The molecule has 1 unspecified atom stereocenters.